The number of anilines is 1. The lowest BCUT2D eigenvalue weighted by Gasteiger charge is -2.03. The van der Waals surface area contributed by atoms with Gasteiger partial charge in [0.1, 0.15) is 5.82 Å². The van der Waals surface area contributed by atoms with Crippen molar-refractivity contribution in [2.45, 2.75) is 6.92 Å². The fourth-order valence-corrected chi connectivity index (χ4v) is 3.95. The highest BCUT2D eigenvalue weighted by molar-refractivity contribution is 9.10. The van der Waals surface area contributed by atoms with Gasteiger partial charge in [0.15, 0.2) is 5.13 Å². The molecule has 0 radical (unpaired) electrons. The number of thiazole rings is 1. The van der Waals surface area contributed by atoms with Crippen LogP contribution in [0, 0.1) is 12.7 Å². The van der Waals surface area contributed by atoms with Gasteiger partial charge in [-0.05, 0) is 31.2 Å². The number of hydrogen-bond donors (Lipinski definition) is 2. The van der Waals surface area contributed by atoms with E-state index in [-0.39, 0.29) is 5.56 Å². The second-order valence-corrected chi connectivity index (χ2v) is 7.56. The maximum Gasteiger partial charge on any atom is 0.260 e. The monoisotopic (exact) mass is 429 g/mol. The van der Waals surface area contributed by atoms with Crippen molar-refractivity contribution >= 4 is 49.2 Å². The molecule has 130 valence electrons. The maximum atomic E-state index is 13.9. The van der Waals surface area contributed by atoms with Crippen LogP contribution in [0.1, 0.15) is 16.1 Å². The molecule has 0 spiro atoms. The number of benzene rings is 2. The molecule has 1 amide bonds. The zero-order valence-electron chi connectivity index (χ0n) is 13.6. The summed E-state index contributed by atoms with van der Waals surface area (Å²) in [6, 6.07) is 12.2. The zero-order chi connectivity index (χ0) is 18.3. The molecule has 0 atom stereocenters. The Labute approximate surface area is 161 Å². The van der Waals surface area contributed by atoms with Crippen molar-refractivity contribution < 1.29 is 9.18 Å². The Kier molecular flexibility index (Phi) is 4.34. The molecule has 4 aromatic rings. The lowest BCUT2D eigenvalue weighted by molar-refractivity contribution is 0.102. The lowest BCUT2D eigenvalue weighted by atomic mass is 10.1. The van der Waals surface area contributed by atoms with Crippen molar-refractivity contribution in [2.75, 3.05) is 5.32 Å². The van der Waals surface area contributed by atoms with Gasteiger partial charge in [-0.15, -0.1) is 11.3 Å². The Morgan fingerprint density at radius 1 is 1.27 bits per heavy atom. The number of aromatic nitrogens is 2. The van der Waals surface area contributed by atoms with Crippen LogP contribution in [0.25, 0.3) is 22.2 Å². The van der Waals surface area contributed by atoms with Gasteiger partial charge in [-0.3, -0.25) is 10.1 Å². The number of halogens is 2. The first-order valence-corrected chi connectivity index (χ1v) is 9.50. The molecule has 0 aliphatic carbocycles. The molecule has 0 saturated heterocycles. The zero-order valence-corrected chi connectivity index (χ0v) is 16.0. The number of nitrogens with one attached hydrogen (secondary N) is 2. The maximum absolute atomic E-state index is 13.9. The topological polar surface area (TPSA) is 57.8 Å². The SMILES string of the molecule is Cc1[nH]c2ccccc2c1-c1csc(NC(=O)c2cc(Br)ccc2F)n1. The third-order valence-electron chi connectivity index (χ3n) is 4.05. The minimum absolute atomic E-state index is 0.0283. The van der Waals surface area contributed by atoms with Gasteiger partial charge < -0.3 is 4.98 Å². The van der Waals surface area contributed by atoms with Gasteiger partial charge in [0.05, 0.1) is 11.3 Å². The van der Waals surface area contributed by atoms with Crippen molar-refractivity contribution in [1.29, 1.82) is 0 Å². The average Bonchev–Trinajstić information content (AvgIpc) is 3.19. The summed E-state index contributed by atoms with van der Waals surface area (Å²) in [6.45, 7) is 1.99. The number of carbonyl (C=O) groups excluding carboxylic acids is 1. The number of aryl methyl sites for hydroxylation is 1. The molecule has 2 N–H and O–H groups in total. The van der Waals surface area contributed by atoms with E-state index in [0.717, 1.165) is 27.9 Å². The molecule has 0 bridgehead atoms. The largest absolute Gasteiger partial charge is 0.358 e. The number of amides is 1. The van der Waals surface area contributed by atoms with Crippen LogP contribution in [-0.4, -0.2) is 15.9 Å². The van der Waals surface area contributed by atoms with Gasteiger partial charge in [-0.1, -0.05) is 34.1 Å². The highest BCUT2D eigenvalue weighted by Gasteiger charge is 2.17. The molecule has 0 aliphatic heterocycles. The van der Waals surface area contributed by atoms with Crippen molar-refractivity contribution in [2.24, 2.45) is 0 Å². The molecule has 7 heteroatoms. The van der Waals surface area contributed by atoms with E-state index in [1.807, 2.05) is 36.6 Å². The predicted octanol–water partition coefficient (Wildman–Crippen LogP) is 5.75. The van der Waals surface area contributed by atoms with Crippen LogP contribution >= 0.6 is 27.3 Å². The normalized spacial score (nSPS) is 11.0. The van der Waals surface area contributed by atoms with Crippen LogP contribution in [0.4, 0.5) is 9.52 Å². The number of H-pyrrole nitrogens is 1. The molecule has 0 unspecified atom stereocenters. The molecule has 2 aromatic heterocycles. The molecule has 4 nitrogen and oxygen atoms in total. The fourth-order valence-electron chi connectivity index (χ4n) is 2.89. The molecule has 4 rings (SSSR count). The minimum Gasteiger partial charge on any atom is -0.358 e. The summed E-state index contributed by atoms with van der Waals surface area (Å²) in [7, 11) is 0. The second-order valence-electron chi connectivity index (χ2n) is 5.79. The minimum atomic E-state index is -0.574. The molecule has 26 heavy (non-hydrogen) atoms. The Bertz CT molecular complexity index is 1130. The molecule has 2 aromatic carbocycles. The lowest BCUT2D eigenvalue weighted by Crippen LogP contribution is -2.13. The fraction of sp³-hybridized carbons (Fsp3) is 0.0526. The van der Waals surface area contributed by atoms with Crippen molar-refractivity contribution in [3.63, 3.8) is 0 Å². The van der Waals surface area contributed by atoms with Crippen LogP contribution in [0.15, 0.2) is 52.3 Å². The van der Waals surface area contributed by atoms with E-state index in [0.29, 0.717) is 9.60 Å². The third-order valence-corrected chi connectivity index (χ3v) is 5.30. The van der Waals surface area contributed by atoms with Crippen LogP contribution in [0.2, 0.25) is 0 Å². The summed E-state index contributed by atoms with van der Waals surface area (Å²) < 4.78 is 14.5. The Morgan fingerprint density at radius 2 is 2.08 bits per heavy atom. The van der Waals surface area contributed by atoms with Crippen molar-refractivity contribution in [3.05, 3.63) is 69.4 Å². The van der Waals surface area contributed by atoms with E-state index in [4.69, 9.17) is 0 Å². The molecule has 0 saturated carbocycles. The highest BCUT2D eigenvalue weighted by Crippen LogP contribution is 2.34. The van der Waals surface area contributed by atoms with E-state index < -0.39 is 11.7 Å². The Hall–Kier alpha value is -2.51. The van der Waals surface area contributed by atoms with Gasteiger partial charge in [0, 0.05) is 32.0 Å². The van der Waals surface area contributed by atoms with E-state index >= 15 is 0 Å². The number of para-hydroxylation sites is 1. The van der Waals surface area contributed by atoms with Gasteiger partial charge >= 0.3 is 0 Å². The summed E-state index contributed by atoms with van der Waals surface area (Å²) >= 11 is 4.56. The van der Waals surface area contributed by atoms with Crippen molar-refractivity contribution in [3.8, 4) is 11.3 Å². The first-order valence-electron chi connectivity index (χ1n) is 7.82. The van der Waals surface area contributed by atoms with Gasteiger partial charge in [-0.25, -0.2) is 9.37 Å². The third kappa shape index (κ3) is 3.04. The molecular weight excluding hydrogens is 417 g/mol. The quantitative estimate of drug-likeness (QED) is 0.435. The number of carbonyl (C=O) groups is 1. The predicted molar refractivity (Wildman–Crippen MR) is 106 cm³/mol. The van der Waals surface area contributed by atoms with Gasteiger partial charge in [0.25, 0.3) is 5.91 Å². The number of rotatable bonds is 3. The number of nitrogens with zero attached hydrogens (tertiary/aromatic N) is 1. The first kappa shape index (κ1) is 16.9. The number of hydrogen-bond acceptors (Lipinski definition) is 3. The number of aromatic amines is 1. The molecule has 2 heterocycles. The first-order chi connectivity index (χ1) is 12.5. The van der Waals surface area contributed by atoms with Gasteiger partial charge in [-0.2, -0.15) is 0 Å². The van der Waals surface area contributed by atoms with E-state index in [1.165, 1.54) is 23.5 Å². The standard InChI is InChI=1S/C19H13BrFN3OS/c1-10-17(12-4-2-3-5-15(12)22-10)16-9-26-19(23-16)24-18(25)13-8-11(20)6-7-14(13)21/h2-9,22H,1H3,(H,23,24,25). The summed E-state index contributed by atoms with van der Waals surface area (Å²) in [4.78, 5) is 20.2. The molecular formula is C19H13BrFN3OS. The van der Waals surface area contributed by atoms with Crippen molar-refractivity contribution in [1.82, 2.24) is 9.97 Å². The summed E-state index contributed by atoms with van der Waals surface area (Å²) in [5.74, 6) is -1.10. The Balaban J connectivity index is 1.65. The van der Waals surface area contributed by atoms with E-state index in [9.17, 15) is 9.18 Å². The van der Waals surface area contributed by atoms with Gasteiger partial charge in [0.2, 0.25) is 0 Å². The molecule has 0 aliphatic rings. The molecule has 0 fully saturated rings. The summed E-state index contributed by atoms with van der Waals surface area (Å²) in [5, 5.41) is 6.06. The Morgan fingerprint density at radius 3 is 2.92 bits per heavy atom. The smallest absolute Gasteiger partial charge is 0.260 e. The van der Waals surface area contributed by atoms with Crippen LogP contribution < -0.4 is 5.32 Å². The summed E-state index contributed by atoms with van der Waals surface area (Å²) in [6.07, 6.45) is 0. The summed E-state index contributed by atoms with van der Waals surface area (Å²) in [5.41, 5.74) is 3.79. The van der Waals surface area contributed by atoms with Crippen LogP contribution in [0.5, 0.6) is 0 Å². The van der Waals surface area contributed by atoms with E-state index in [1.54, 1.807) is 6.07 Å². The number of fused-ring (bicyclic) bond motifs is 1. The highest BCUT2D eigenvalue weighted by atomic mass is 79.9. The van der Waals surface area contributed by atoms with Crippen LogP contribution in [0.3, 0.4) is 0 Å². The second kappa shape index (κ2) is 6.66. The van der Waals surface area contributed by atoms with Crippen LogP contribution in [-0.2, 0) is 0 Å². The van der Waals surface area contributed by atoms with E-state index in [2.05, 4.69) is 31.2 Å². The average molecular weight is 430 g/mol.